The highest BCUT2D eigenvalue weighted by Crippen LogP contribution is 2.14. The standard InChI is InChI=1S/C11H14N2OS2/c1-3-7(2)6-13-10(14)8-4-5-16-9(8)12-11(13)15/h4-5,7H,3,6H2,1-2H3,(H,12,15). The second-order valence-electron chi connectivity index (χ2n) is 4.02. The predicted molar refractivity (Wildman–Crippen MR) is 70.7 cm³/mol. The predicted octanol–water partition coefficient (Wildman–Crippen LogP) is 3.17. The molecule has 3 nitrogen and oxygen atoms in total. The number of nitrogens with one attached hydrogen (secondary N) is 1. The molecular weight excluding hydrogens is 240 g/mol. The second kappa shape index (κ2) is 4.51. The number of nitrogens with zero attached hydrogens (tertiary/aromatic N) is 1. The van der Waals surface area contributed by atoms with Gasteiger partial charge in [-0.25, -0.2) is 0 Å². The van der Waals surface area contributed by atoms with Crippen molar-refractivity contribution in [3.05, 3.63) is 26.6 Å². The summed E-state index contributed by atoms with van der Waals surface area (Å²) in [5.41, 5.74) is 0.0281. The van der Waals surface area contributed by atoms with Crippen LogP contribution in [0.1, 0.15) is 20.3 Å². The van der Waals surface area contributed by atoms with Gasteiger partial charge in [-0.1, -0.05) is 20.3 Å². The summed E-state index contributed by atoms with van der Waals surface area (Å²) in [6.45, 7) is 4.93. The van der Waals surface area contributed by atoms with Gasteiger partial charge in [-0.15, -0.1) is 11.3 Å². The van der Waals surface area contributed by atoms with Crippen molar-refractivity contribution >= 4 is 33.8 Å². The Morgan fingerprint density at radius 3 is 3.06 bits per heavy atom. The van der Waals surface area contributed by atoms with Crippen molar-refractivity contribution < 1.29 is 0 Å². The second-order valence-corrected chi connectivity index (χ2v) is 5.33. The van der Waals surface area contributed by atoms with Crippen molar-refractivity contribution in [3.8, 4) is 0 Å². The van der Waals surface area contributed by atoms with Crippen LogP contribution >= 0.6 is 23.6 Å². The molecule has 2 aromatic heterocycles. The minimum absolute atomic E-state index is 0.0281. The van der Waals surface area contributed by atoms with E-state index in [1.807, 2.05) is 11.4 Å². The maximum atomic E-state index is 12.1. The third kappa shape index (κ3) is 1.97. The summed E-state index contributed by atoms with van der Waals surface area (Å²) in [4.78, 5) is 16.1. The molecule has 2 heterocycles. The van der Waals surface area contributed by atoms with E-state index >= 15 is 0 Å². The van der Waals surface area contributed by atoms with Gasteiger partial charge in [0.2, 0.25) is 0 Å². The summed E-state index contributed by atoms with van der Waals surface area (Å²) in [5.74, 6) is 0.462. The van der Waals surface area contributed by atoms with Crippen LogP contribution in [0.2, 0.25) is 0 Å². The Hall–Kier alpha value is -0.940. The summed E-state index contributed by atoms with van der Waals surface area (Å²) >= 11 is 6.73. The summed E-state index contributed by atoms with van der Waals surface area (Å²) in [6.07, 6.45) is 1.04. The number of hydrogen-bond donors (Lipinski definition) is 1. The van der Waals surface area contributed by atoms with Gasteiger partial charge in [-0.3, -0.25) is 9.36 Å². The molecule has 86 valence electrons. The lowest BCUT2D eigenvalue weighted by Gasteiger charge is -2.11. The van der Waals surface area contributed by atoms with Crippen molar-refractivity contribution in [2.45, 2.75) is 26.8 Å². The van der Waals surface area contributed by atoms with E-state index in [4.69, 9.17) is 12.2 Å². The van der Waals surface area contributed by atoms with E-state index < -0.39 is 0 Å². The zero-order chi connectivity index (χ0) is 11.7. The largest absolute Gasteiger partial charge is 0.323 e. The van der Waals surface area contributed by atoms with Gasteiger partial charge in [0.15, 0.2) is 4.77 Å². The Kier molecular flexibility index (Phi) is 3.25. The number of aromatic nitrogens is 2. The van der Waals surface area contributed by atoms with Crippen LogP contribution in [-0.2, 0) is 6.54 Å². The van der Waals surface area contributed by atoms with E-state index in [0.717, 1.165) is 16.6 Å². The van der Waals surface area contributed by atoms with Gasteiger partial charge < -0.3 is 4.98 Å². The molecule has 0 aromatic carbocycles. The van der Waals surface area contributed by atoms with Gasteiger partial charge in [-0.2, -0.15) is 0 Å². The average molecular weight is 254 g/mol. The van der Waals surface area contributed by atoms with E-state index in [1.54, 1.807) is 4.57 Å². The zero-order valence-electron chi connectivity index (χ0n) is 9.32. The van der Waals surface area contributed by atoms with Crippen molar-refractivity contribution in [1.82, 2.24) is 9.55 Å². The van der Waals surface area contributed by atoms with Gasteiger partial charge in [-0.05, 0) is 29.6 Å². The first-order chi connectivity index (χ1) is 7.63. The van der Waals surface area contributed by atoms with Crippen LogP contribution in [-0.4, -0.2) is 9.55 Å². The lowest BCUT2D eigenvalue weighted by atomic mass is 10.1. The third-order valence-corrected chi connectivity index (χ3v) is 3.95. The highest BCUT2D eigenvalue weighted by molar-refractivity contribution is 7.71. The van der Waals surface area contributed by atoms with E-state index in [0.29, 0.717) is 17.2 Å². The lowest BCUT2D eigenvalue weighted by molar-refractivity contribution is 0.454. The van der Waals surface area contributed by atoms with E-state index in [2.05, 4.69) is 18.8 Å². The smallest absolute Gasteiger partial charge is 0.263 e. The zero-order valence-corrected chi connectivity index (χ0v) is 11.0. The number of hydrogen-bond acceptors (Lipinski definition) is 3. The van der Waals surface area contributed by atoms with E-state index in [9.17, 15) is 4.79 Å². The van der Waals surface area contributed by atoms with Gasteiger partial charge in [0.1, 0.15) is 4.83 Å². The van der Waals surface area contributed by atoms with Crippen molar-refractivity contribution in [2.24, 2.45) is 5.92 Å². The number of fused-ring (bicyclic) bond motifs is 1. The normalized spacial score (nSPS) is 13.1. The minimum atomic E-state index is 0.0281. The Morgan fingerprint density at radius 2 is 2.38 bits per heavy atom. The molecule has 0 aliphatic rings. The number of aromatic amines is 1. The Morgan fingerprint density at radius 1 is 1.62 bits per heavy atom. The molecule has 1 unspecified atom stereocenters. The molecular formula is C11H14N2OS2. The molecule has 2 rings (SSSR count). The molecule has 1 N–H and O–H groups in total. The van der Waals surface area contributed by atoms with Crippen LogP contribution in [0.5, 0.6) is 0 Å². The molecule has 1 atom stereocenters. The molecule has 2 aromatic rings. The monoisotopic (exact) mass is 254 g/mol. The summed E-state index contributed by atoms with van der Waals surface area (Å²) in [5, 5.41) is 2.65. The Balaban J connectivity index is 2.60. The fourth-order valence-corrected chi connectivity index (χ4v) is 2.69. The number of thiophene rings is 1. The van der Waals surface area contributed by atoms with Gasteiger partial charge in [0, 0.05) is 6.54 Å². The number of H-pyrrole nitrogens is 1. The first-order valence-corrected chi connectivity index (χ1v) is 6.62. The van der Waals surface area contributed by atoms with E-state index in [1.165, 1.54) is 11.3 Å². The first-order valence-electron chi connectivity index (χ1n) is 5.33. The molecule has 0 bridgehead atoms. The van der Waals surface area contributed by atoms with E-state index in [-0.39, 0.29) is 5.56 Å². The van der Waals surface area contributed by atoms with Crippen molar-refractivity contribution in [1.29, 1.82) is 0 Å². The molecule has 0 aliphatic heterocycles. The Labute approximate surface area is 103 Å². The molecule has 0 amide bonds. The summed E-state index contributed by atoms with van der Waals surface area (Å²) in [6, 6.07) is 1.85. The minimum Gasteiger partial charge on any atom is -0.323 e. The van der Waals surface area contributed by atoms with Gasteiger partial charge in [0.25, 0.3) is 5.56 Å². The summed E-state index contributed by atoms with van der Waals surface area (Å²) < 4.78 is 2.19. The van der Waals surface area contributed by atoms with Crippen LogP contribution in [0.3, 0.4) is 0 Å². The molecule has 0 aliphatic carbocycles. The quantitative estimate of drug-likeness (QED) is 0.854. The Bertz CT molecular complexity index is 608. The van der Waals surface area contributed by atoms with Crippen LogP contribution in [0.4, 0.5) is 0 Å². The van der Waals surface area contributed by atoms with Gasteiger partial charge >= 0.3 is 0 Å². The highest BCUT2D eigenvalue weighted by atomic mass is 32.1. The fourth-order valence-electron chi connectivity index (χ4n) is 1.58. The van der Waals surface area contributed by atoms with Crippen LogP contribution in [0.15, 0.2) is 16.2 Å². The molecule has 0 radical (unpaired) electrons. The van der Waals surface area contributed by atoms with Crippen LogP contribution < -0.4 is 5.56 Å². The van der Waals surface area contributed by atoms with Crippen molar-refractivity contribution in [3.63, 3.8) is 0 Å². The maximum absolute atomic E-state index is 12.1. The topological polar surface area (TPSA) is 37.8 Å². The fraction of sp³-hybridized carbons (Fsp3) is 0.455. The number of rotatable bonds is 3. The van der Waals surface area contributed by atoms with Gasteiger partial charge in [0.05, 0.1) is 5.39 Å². The van der Waals surface area contributed by atoms with Crippen LogP contribution in [0.25, 0.3) is 10.2 Å². The SMILES string of the molecule is CCC(C)Cn1c(=S)[nH]c2sccc2c1=O. The lowest BCUT2D eigenvalue weighted by Crippen LogP contribution is -2.24. The molecule has 0 spiro atoms. The average Bonchev–Trinajstić information content (AvgIpc) is 2.71. The third-order valence-electron chi connectivity index (χ3n) is 2.80. The molecule has 16 heavy (non-hydrogen) atoms. The first kappa shape index (κ1) is 11.5. The maximum Gasteiger partial charge on any atom is 0.263 e. The molecule has 5 heteroatoms. The summed E-state index contributed by atoms with van der Waals surface area (Å²) in [7, 11) is 0. The van der Waals surface area contributed by atoms with Crippen LogP contribution in [0, 0.1) is 10.7 Å². The molecule has 0 saturated carbocycles. The highest BCUT2D eigenvalue weighted by Gasteiger charge is 2.08. The van der Waals surface area contributed by atoms with Crippen molar-refractivity contribution in [2.75, 3.05) is 0 Å². The molecule has 0 fully saturated rings. The molecule has 0 saturated heterocycles.